The van der Waals surface area contributed by atoms with Gasteiger partial charge in [0.1, 0.15) is 17.3 Å². The first kappa shape index (κ1) is 19.9. The molecule has 2 heterocycles. The molecule has 0 bridgehead atoms. The highest BCUT2D eigenvalue weighted by Crippen LogP contribution is 2.17. The van der Waals surface area contributed by atoms with Crippen LogP contribution in [0.4, 0.5) is 14.7 Å². The zero-order chi connectivity index (χ0) is 20.3. The lowest BCUT2D eigenvalue weighted by Gasteiger charge is -2.16. The van der Waals surface area contributed by atoms with Gasteiger partial charge in [0.15, 0.2) is 0 Å². The summed E-state index contributed by atoms with van der Waals surface area (Å²) in [5.74, 6) is -1.03. The Kier molecular flexibility index (Phi) is 5.99. The Morgan fingerprint density at radius 1 is 1.25 bits per heavy atom. The number of rotatable bonds is 7. The van der Waals surface area contributed by atoms with Crippen LogP contribution < -0.4 is 10.9 Å². The number of aliphatic hydroxyl groups is 1. The predicted molar refractivity (Wildman–Crippen MR) is 103 cm³/mol. The Morgan fingerprint density at radius 3 is 2.71 bits per heavy atom. The molecule has 0 fully saturated rings. The first-order chi connectivity index (χ1) is 13.4. The van der Waals surface area contributed by atoms with E-state index in [2.05, 4.69) is 15.3 Å². The van der Waals surface area contributed by atoms with Gasteiger partial charge in [-0.05, 0) is 24.1 Å². The minimum atomic E-state index is -0.691. The monoisotopic (exact) mass is 388 g/mol. The molecule has 3 aromatic rings. The van der Waals surface area contributed by atoms with Gasteiger partial charge >= 0.3 is 0 Å². The third-order valence-corrected chi connectivity index (χ3v) is 4.61. The van der Waals surface area contributed by atoms with Crippen molar-refractivity contribution >= 4 is 17.0 Å². The number of benzene rings is 1. The number of fused-ring (bicyclic) bond motifs is 1. The summed E-state index contributed by atoms with van der Waals surface area (Å²) in [5, 5.41) is 13.1. The molecule has 1 atom stereocenters. The molecule has 0 aliphatic rings. The zero-order valence-electron chi connectivity index (χ0n) is 15.7. The fourth-order valence-electron chi connectivity index (χ4n) is 3.12. The fraction of sp³-hybridized carbons (Fsp3) is 0.350. The van der Waals surface area contributed by atoms with E-state index in [0.717, 1.165) is 18.9 Å². The van der Waals surface area contributed by atoms with Crippen LogP contribution in [-0.4, -0.2) is 32.3 Å². The van der Waals surface area contributed by atoms with E-state index in [1.54, 1.807) is 19.3 Å². The maximum absolute atomic E-state index is 14.0. The van der Waals surface area contributed by atoms with Crippen LogP contribution in [0.5, 0.6) is 0 Å². The van der Waals surface area contributed by atoms with E-state index in [1.165, 1.54) is 16.7 Å². The first-order valence-corrected chi connectivity index (χ1v) is 9.10. The topological polar surface area (TPSA) is 80.0 Å². The van der Waals surface area contributed by atoms with Crippen molar-refractivity contribution in [2.75, 3.05) is 11.9 Å². The second kappa shape index (κ2) is 8.43. The van der Waals surface area contributed by atoms with Crippen LogP contribution in [0.25, 0.3) is 11.0 Å². The summed E-state index contributed by atoms with van der Waals surface area (Å²) in [6, 6.07) is 4.76. The summed E-state index contributed by atoms with van der Waals surface area (Å²) in [7, 11) is 1.58. The molecule has 0 amide bonds. The SMILES string of the molecule is CCCC(CO)Nc1ncc2cc(Cc3ccc(F)cc3F)c(=O)n(C)c2n1. The normalized spacial score (nSPS) is 12.3. The van der Waals surface area contributed by atoms with Gasteiger partial charge in [-0.2, -0.15) is 4.98 Å². The van der Waals surface area contributed by atoms with E-state index in [1.807, 2.05) is 6.92 Å². The molecule has 0 saturated heterocycles. The summed E-state index contributed by atoms with van der Waals surface area (Å²) in [6.45, 7) is 1.97. The molecule has 0 spiro atoms. The van der Waals surface area contributed by atoms with Gasteiger partial charge in [-0.25, -0.2) is 13.8 Å². The van der Waals surface area contributed by atoms with Crippen LogP contribution in [-0.2, 0) is 13.5 Å². The quantitative estimate of drug-likeness (QED) is 0.651. The number of hydrogen-bond donors (Lipinski definition) is 2. The number of nitrogens with one attached hydrogen (secondary N) is 1. The molecule has 0 saturated carbocycles. The van der Waals surface area contributed by atoms with Gasteiger partial charge in [0, 0.05) is 36.7 Å². The lowest BCUT2D eigenvalue weighted by molar-refractivity contribution is 0.268. The molecule has 0 aliphatic heterocycles. The molecule has 0 aliphatic carbocycles. The number of pyridine rings is 1. The molecule has 2 N–H and O–H groups in total. The average Bonchev–Trinajstić information content (AvgIpc) is 2.68. The number of nitrogens with zero attached hydrogens (tertiary/aromatic N) is 3. The predicted octanol–water partition coefficient (Wildman–Crippen LogP) is 2.77. The van der Waals surface area contributed by atoms with Gasteiger partial charge in [-0.3, -0.25) is 9.36 Å². The minimum Gasteiger partial charge on any atom is -0.394 e. The third-order valence-electron chi connectivity index (χ3n) is 4.61. The van der Waals surface area contributed by atoms with E-state index in [9.17, 15) is 18.7 Å². The summed E-state index contributed by atoms with van der Waals surface area (Å²) in [5.41, 5.74) is 0.721. The van der Waals surface area contributed by atoms with Crippen molar-refractivity contribution < 1.29 is 13.9 Å². The Hall–Kier alpha value is -2.87. The van der Waals surface area contributed by atoms with Crippen LogP contribution in [0.15, 0.2) is 35.3 Å². The van der Waals surface area contributed by atoms with Gasteiger partial charge in [0.05, 0.1) is 12.6 Å². The second-order valence-corrected chi connectivity index (χ2v) is 6.73. The van der Waals surface area contributed by atoms with E-state index in [4.69, 9.17) is 0 Å². The molecule has 1 unspecified atom stereocenters. The molecular weight excluding hydrogens is 366 g/mol. The lowest BCUT2D eigenvalue weighted by Crippen LogP contribution is -2.26. The Labute approximate surface area is 160 Å². The van der Waals surface area contributed by atoms with Crippen LogP contribution >= 0.6 is 0 Å². The van der Waals surface area contributed by atoms with E-state index in [-0.39, 0.29) is 30.2 Å². The molecule has 3 rings (SSSR count). The van der Waals surface area contributed by atoms with Crippen LogP contribution in [0.1, 0.15) is 30.9 Å². The number of aliphatic hydroxyl groups excluding tert-OH is 1. The smallest absolute Gasteiger partial charge is 0.255 e. The standard InChI is InChI=1S/C20H22F2N4O2/c1-3-4-16(11-27)24-20-23-10-14-8-13(19(28)26(2)18(14)25-20)7-12-5-6-15(21)9-17(12)22/h5-6,8-10,16,27H,3-4,7,11H2,1-2H3,(H,23,24,25). The van der Waals surface area contributed by atoms with Crippen molar-refractivity contribution in [3.8, 4) is 0 Å². The van der Waals surface area contributed by atoms with E-state index >= 15 is 0 Å². The molecular formula is C20H22F2N4O2. The van der Waals surface area contributed by atoms with Gasteiger partial charge in [-0.1, -0.05) is 19.4 Å². The number of aryl methyl sites for hydroxylation is 1. The summed E-state index contributed by atoms with van der Waals surface area (Å²) in [6.07, 6.45) is 3.28. The highest BCUT2D eigenvalue weighted by Gasteiger charge is 2.14. The second-order valence-electron chi connectivity index (χ2n) is 6.73. The Morgan fingerprint density at radius 2 is 2.04 bits per heavy atom. The van der Waals surface area contributed by atoms with Crippen molar-refractivity contribution in [2.45, 2.75) is 32.2 Å². The van der Waals surface area contributed by atoms with Gasteiger partial charge in [0.2, 0.25) is 5.95 Å². The molecule has 1 aromatic carbocycles. The summed E-state index contributed by atoms with van der Waals surface area (Å²) in [4.78, 5) is 21.3. The molecule has 28 heavy (non-hydrogen) atoms. The molecule has 2 aromatic heterocycles. The van der Waals surface area contributed by atoms with Crippen molar-refractivity contribution in [3.05, 3.63) is 63.6 Å². The first-order valence-electron chi connectivity index (χ1n) is 9.10. The van der Waals surface area contributed by atoms with Crippen molar-refractivity contribution in [1.29, 1.82) is 0 Å². The minimum absolute atomic E-state index is 0.0395. The van der Waals surface area contributed by atoms with Gasteiger partial charge < -0.3 is 10.4 Å². The molecule has 0 radical (unpaired) electrons. The van der Waals surface area contributed by atoms with E-state index < -0.39 is 11.6 Å². The van der Waals surface area contributed by atoms with Crippen molar-refractivity contribution in [2.24, 2.45) is 7.05 Å². The average molecular weight is 388 g/mol. The van der Waals surface area contributed by atoms with Crippen molar-refractivity contribution in [1.82, 2.24) is 14.5 Å². The number of hydrogen-bond acceptors (Lipinski definition) is 5. The number of aromatic nitrogens is 3. The maximum Gasteiger partial charge on any atom is 0.255 e. The molecule has 148 valence electrons. The van der Waals surface area contributed by atoms with Crippen LogP contribution in [0.2, 0.25) is 0 Å². The van der Waals surface area contributed by atoms with Crippen LogP contribution in [0, 0.1) is 11.6 Å². The maximum atomic E-state index is 14.0. The van der Waals surface area contributed by atoms with Gasteiger partial charge in [0.25, 0.3) is 5.56 Å². The fourth-order valence-corrected chi connectivity index (χ4v) is 3.12. The van der Waals surface area contributed by atoms with Gasteiger partial charge in [-0.15, -0.1) is 0 Å². The lowest BCUT2D eigenvalue weighted by atomic mass is 10.0. The highest BCUT2D eigenvalue weighted by molar-refractivity contribution is 5.76. The number of anilines is 1. The molecule has 8 heteroatoms. The largest absolute Gasteiger partial charge is 0.394 e. The van der Waals surface area contributed by atoms with Crippen molar-refractivity contribution in [3.63, 3.8) is 0 Å². The van der Waals surface area contributed by atoms with Crippen LogP contribution in [0.3, 0.4) is 0 Å². The Bertz CT molecular complexity index is 1050. The molecule has 6 nitrogen and oxygen atoms in total. The van der Waals surface area contributed by atoms with E-state index in [0.29, 0.717) is 22.5 Å². The highest BCUT2D eigenvalue weighted by atomic mass is 19.1. The Balaban J connectivity index is 1.96. The third kappa shape index (κ3) is 4.17. The summed E-state index contributed by atoms with van der Waals surface area (Å²) < 4.78 is 28.4. The number of halogens is 2. The summed E-state index contributed by atoms with van der Waals surface area (Å²) >= 11 is 0. The zero-order valence-corrected chi connectivity index (χ0v) is 15.7.